The monoisotopic (exact) mass is 394 g/mol. The van der Waals surface area contributed by atoms with Crippen molar-refractivity contribution < 1.29 is 0 Å². The second kappa shape index (κ2) is 8.17. The maximum Gasteiger partial charge on any atom is 0.133 e. The zero-order valence-electron chi connectivity index (χ0n) is 15.4. The first-order valence-electron chi connectivity index (χ1n) is 8.90. The first-order valence-corrected chi connectivity index (χ1v) is 10.7. The van der Waals surface area contributed by atoms with Gasteiger partial charge in [0.2, 0.25) is 0 Å². The summed E-state index contributed by atoms with van der Waals surface area (Å²) in [6.45, 7) is 0.750. The standard InChI is InChI=1S/C21H22N4S2/c1-25(2)20-17(12-16-5-3-4-6-18(16)24-20)13-23-19(21-22-8-10-27-21)11-15-7-9-26-14-15/h3-10,12,14,19,23H,11,13H2,1-2H3/t19-/m1/s1. The Kier molecular flexibility index (Phi) is 5.48. The van der Waals surface area contributed by atoms with Crippen LogP contribution in [0.5, 0.6) is 0 Å². The number of rotatable bonds is 7. The van der Waals surface area contributed by atoms with E-state index in [1.54, 1.807) is 22.7 Å². The number of nitrogens with zero attached hydrogens (tertiary/aromatic N) is 3. The van der Waals surface area contributed by atoms with Crippen LogP contribution in [-0.4, -0.2) is 24.1 Å². The van der Waals surface area contributed by atoms with E-state index in [4.69, 9.17) is 4.98 Å². The van der Waals surface area contributed by atoms with Crippen molar-refractivity contribution in [1.82, 2.24) is 15.3 Å². The minimum absolute atomic E-state index is 0.195. The molecule has 4 nitrogen and oxygen atoms in total. The molecule has 1 atom stereocenters. The van der Waals surface area contributed by atoms with Crippen LogP contribution in [0, 0.1) is 0 Å². The Labute approximate surface area is 167 Å². The van der Waals surface area contributed by atoms with Gasteiger partial charge in [0, 0.05) is 43.2 Å². The van der Waals surface area contributed by atoms with E-state index in [-0.39, 0.29) is 6.04 Å². The summed E-state index contributed by atoms with van der Waals surface area (Å²) in [5.74, 6) is 1.01. The number of anilines is 1. The highest BCUT2D eigenvalue weighted by molar-refractivity contribution is 7.09. The SMILES string of the molecule is CN(C)c1nc2ccccc2cc1CN[C@H](Cc1ccsc1)c1nccs1. The third-order valence-corrected chi connectivity index (χ3v) is 6.13. The van der Waals surface area contributed by atoms with E-state index in [9.17, 15) is 0 Å². The van der Waals surface area contributed by atoms with Gasteiger partial charge in [0.05, 0.1) is 11.6 Å². The molecule has 4 aromatic rings. The third-order valence-electron chi connectivity index (χ3n) is 4.51. The second-order valence-corrected chi connectivity index (χ2v) is 8.40. The summed E-state index contributed by atoms with van der Waals surface area (Å²) < 4.78 is 0. The average Bonchev–Trinajstić information content (AvgIpc) is 3.38. The molecular formula is C21H22N4S2. The average molecular weight is 395 g/mol. The third kappa shape index (κ3) is 4.18. The van der Waals surface area contributed by atoms with Gasteiger partial charge in [-0.05, 0) is 40.9 Å². The van der Waals surface area contributed by atoms with Crippen molar-refractivity contribution in [2.24, 2.45) is 0 Å². The molecule has 0 fully saturated rings. The highest BCUT2D eigenvalue weighted by atomic mass is 32.1. The first kappa shape index (κ1) is 18.1. The molecule has 6 heteroatoms. The summed E-state index contributed by atoms with van der Waals surface area (Å²) in [5, 5.41) is 12.4. The number of pyridine rings is 1. The van der Waals surface area contributed by atoms with Gasteiger partial charge < -0.3 is 10.2 Å². The van der Waals surface area contributed by atoms with Crippen molar-refractivity contribution in [2.75, 3.05) is 19.0 Å². The normalized spacial score (nSPS) is 12.4. The van der Waals surface area contributed by atoms with Crippen LogP contribution in [0.1, 0.15) is 22.2 Å². The van der Waals surface area contributed by atoms with E-state index < -0.39 is 0 Å². The summed E-state index contributed by atoms with van der Waals surface area (Å²) >= 11 is 3.44. The summed E-state index contributed by atoms with van der Waals surface area (Å²) in [6, 6.07) is 12.9. The zero-order chi connectivity index (χ0) is 18.6. The Hall–Kier alpha value is -2.28. The van der Waals surface area contributed by atoms with Gasteiger partial charge in [0.1, 0.15) is 10.8 Å². The molecule has 0 radical (unpaired) electrons. The number of hydrogen-bond acceptors (Lipinski definition) is 6. The number of thiazole rings is 1. The number of aromatic nitrogens is 2. The molecule has 0 amide bonds. The van der Waals surface area contributed by atoms with Crippen molar-refractivity contribution >= 4 is 39.4 Å². The summed E-state index contributed by atoms with van der Waals surface area (Å²) in [7, 11) is 4.09. The van der Waals surface area contributed by atoms with Gasteiger partial charge in [-0.2, -0.15) is 11.3 Å². The number of hydrogen-bond donors (Lipinski definition) is 1. The van der Waals surface area contributed by atoms with E-state index in [0.717, 1.165) is 29.3 Å². The van der Waals surface area contributed by atoms with Crippen LogP contribution in [0.3, 0.4) is 0 Å². The fourth-order valence-corrected chi connectivity index (χ4v) is 4.59. The van der Waals surface area contributed by atoms with Crippen LogP contribution in [-0.2, 0) is 13.0 Å². The fourth-order valence-electron chi connectivity index (χ4n) is 3.20. The number of fused-ring (bicyclic) bond motifs is 1. The number of benzene rings is 1. The fraction of sp³-hybridized carbons (Fsp3) is 0.238. The topological polar surface area (TPSA) is 41.1 Å². The molecule has 0 spiro atoms. The molecule has 3 aromatic heterocycles. The molecule has 0 aliphatic carbocycles. The maximum absolute atomic E-state index is 4.87. The molecule has 0 unspecified atom stereocenters. The highest BCUT2D eigenvalue weighted by Gasteiger charge is 2.17. The summed E-state index contributed by atoms with van der Waals surface area (Å²) in [4.78, 5) is 11.5. The van der Waals surface area contributed by atoms with Crippen LogP contribution in [0.2, 0.25) is 0 Å². The zero-order valence-corrected chi connectivity index (χ0v) is 17.1. The largest absolute Gasteiger partial charge is 0.362 e. The van der Waals surface area contributed by atoms with Gasteiger partial charge in [-0.25, -0.2) is 9.97 Å². The molecule has 1 N–H and O–H groups in total. The van der Waals surface area contributed by atoms with Gasteiger partial charge in [-0.3, -0.25) is 0 Å². The Morgan fingerprint density at radius 1 is 1.15 bits per heavy atom. The Bertz CT molecular complexity index is 994. The van der Waals surface area contributed by atoms with Crippen LogP contribution < -0.4 is 10.2 Å². The Morgan fingerprint density at radius 3 is 2.78 bits per heavy atom. The van der Waals surface area contributed by atoms with Gasteiger partial charge in [0.15, 0.2) is 0 Å². The first-order chi connectivity index (χ1) is 13.2. The van der Waals surface area contributed by atoms with Crippen molar-refractivity contribution in [1.29, 1.82) is 0 Å². The highest BCUT2D eigenvalue weighted by Crippen LogP contribution is 2.25. The van der Waals surface area contributed by atoms with E-state index in [2.05, 4.69) is 56.3 Å². The van der Waals surface area contributed by atoms with Crippen LogP contribution in [0.4, 0.5) is 5.82 Å². The second-order valence-electron chi connectivity index (χ2n) is 6.70. The van der Waals surface area contributed by atoms with Crippen LogP contribution >= 0.6 is 22.7 Å². The van der Waals surface area contributed by atoms with Crippen LogP contribution in [0.15, 0.2) is 58.7 Å². The lowest BCUT2D eigenvalue weighted by Crippen LogP contribution is -2.24. The molecule has 0 saturated carbocycles. The number of nitrogens with one attached hydrogen (secondary N) is 1. The molecule has 3 heterocycles. The van der Waals surface area contributed by atoms with E-state index in [0.29, 0.717) is 0 Å². The molecule has 4 rings (SSSR count). The van der Waals surface area contributed by atoms with Crippen LogP contribution in [0.25, 0.3) is 10.9 Å². The minimum atomic E-state index is 0.195. The molecule has 138 valence electrons. The molecule has 1 aromatic carbocycles. The van der Waals surface area contributed by atoms with Gasteiger partial charge in [-0.1, -0.05) is 18.2 Å². The van der Waals surface area contributed by atoms with Crippen molar-refractivity contribution in [2.45, 2.75) is 19.0 Å². The predicted molar refractivity (Wildman–Crippen MR) is 116 cm³/mol. The van der Waals surface area contributed by atoms with Gasteiger partial charge in [-0.15, -0.1) is 11.3 Å². The van der Waals surface area contributed by atoms with E-state index >= 15 is 0 Å². The lowest BCUT2D eigenvalue weighted by Gasteiger charge is -2.20. The van der Waals surface area contributed by atoms with Gasteiger partial charge in [0.25, 0.3) is 0 Å². The Morgan fingerprint density at radius 2 is 2.04 bits per heavy atom. The maximum atomic E-state index is 4.87. The Balaban J connectivity index is 1.60. The lowest BCUT2D eigenvalue weighted by molar-refractivity contribution is 0.528. The summed E-state index contributed by atoms with van der Waals surface area (Å²) in [5.41, 5.74) is 3.57. The molecular weight excluding hydrogens is 372 g/mol. The van der Waals surface area contributed by atoms with Gasteiger partial charge >= 0.3 is 0 Å². The molecule has 0 aliphatic rings. The molecule has 0 saturated heterocycles. The smallest absolute Gasteiger partial charge is 0.133 e. The number of para-hydroxylation sites is 1. The lowest BCUT2D eigenvalue weighted by atomic mass is 10.1. The quantitative estimate of drug-likeness (QED) is 0.484. The predicted octanol–water partition coefficient (Wildman–Crippen LogP) is 4.89. The van der Waals surface area contributed by atoms with Crippen molar-refractivity contribution in [3.05, 3.63) is 74.9 Å². The van der Waals surface area contributed by atoms with E-state index in [1.165, 1.54) is 16.5 Å². The van der Waals surface area contributed by atoms with Crippen molar-refractivity contribution in [3.8, 4) is 0 Å². The van der Waals surface area contributed by atoms with E-state index in [1.807, 2.05) is 31.7 Å². The van der Waals surface area contributed by atoms with Crippen molar-refractivity contribution in [3.63, 3.8) is 0 Å². The summed E-state index contributed by atoms with van der Waals surface area (Å²) in [6.07, 6.45) is 2.82. The number of thiophene rings is 1. The molecule has 0 bridgehead atoms. The minimum Gasteiger partial charge on any atom is -0.362 e. The molecule has 27 heavy (non-hydrogen) atoms. The molecule has 0 aliphatic heterocycles.